The summed E-state index contributed by atoms with van der Waals surface area (Å²) in [5.74, 6) is 0. The Bertz CT molecular complexity index is 360. The van der Waals surface area contributed by atoms with Crippen molar-refractivity contribution in [3.8, 4) is 6.07 Å². The first kappa shape index (κ1) is 13.5. The molecule has 16 heavy (non-hydrogen) atoms. The Morgan fingerprint density at radius 3 is 2.06 bits per heavy atom. The number of sulfonamides is 1. The van der Waals surface area contributed by atoms with Crippen LogP contribution in [-0.4, -0.2) is 19.2 Å². The molecule has 0 radical (unpaired) electrons. The summed E-state index contributed by atoms with van der Waals surface area (Å²) in [7, 11) is -3.36. The van der Waals surface area contributed by atoms with Gasteiger partial charge in [-0.1, -0.05) is 25.7 Å². The highest BCUT2D eigenvalue weighted by Crippen LogP contribution is 2.27. The molecule has 92 valence electrons. The third kappa shape index (κ3) is 3.19. The van der Waals surface area contributed by atoms with Crippen LogP contribution in [0, 0.1) is 11.3 Å². The Kier molecular flexibility index (Phi) is 4.34. The molecule has 0 aromatic carbocycles. The van der Waals surface area contributed by atoms with Gasteiger partial charge in [0, 0.05) is 0 Å². The molecule has 0 aromatic heterocycles. The molecule has 4 nitrogen and oxygen atoms in total. The number of nitriles is 1. The molecule has 0 aromatic rings. The lowest BCUT2D eigenvalue weighted by molar-refractivity contribution is 0.420. The fourth-order valence-corrected chi connectivity index (χ4v) is 2.99. The van der Waals surface area contributed by atoms with Crippen molar-refractivity contribution in [2.75, 3.05) is 0 Å². The average Bonchev–Trinajstić information content (AvgIpc) is 2.43. The number of nitrogens with one attached hydrogen (secondary N) is 1. The van der Waals surface area contributed by atoms with Crippen molar-refractivity contribution in [2.45, 2.75) is 63.2 Å². The van der Waals surface area contributed by atoms with E-state index in [0.29, 0.717) is 12.8 Å². The van der Waals surface area contributed by atoms with Gasteiger partial charge in [0.15, 0.2) is 0 Å². The number of hydrogen-bond donors (Lipinski definition) is 1. The van der Waals surface area contributed by atoms with Crippen LogP contribution in [0.15, 0.2) is 0 Å². The van der Waals surface area contributed by atoms with Crippen molar-refractivity contribution in [1.29, 1.82) is 5.26 Å². The van der Waals surface area contributed by atoms with Gasteiger partial charge in [-0.15, -0.1) is 0 Å². The standard InChI is InChI=1S/C11H20N2O2S/c1-10(2)16(14,15)13-11(9-12)7-5-3-4-6-8-11/h10,13H,3-8H2,1-2H3. The topological polar surface area (TPSA) is 70.0 Å². The molecule has 0 amide bonds. The Morgan fingerprint density at radius 1 is 1.19 bits per heavy atom. The summed E-state index contributed by atoms with van der Waals surface area (Å²) in [6, 6.07) is 2.18. The summed E-state index contributed by atoms with van der Waals surface area (Å²) in [5, 5.41) is 8.75. The van der Waals surface area contributed by atoms with Crippen LogP contribution in [0.4, 0.5) is 0 Å². The third-order valence-corrected chi connectivity index (χ3v) is 5.05. The zero-order chi connectivity index (χ0) is 12.2. The van der Waals surface area contributed by atoms with Gasteiger partial charge in [0.05, 0.1) is 11.3 Å². The molecule has 1 aliphatic rings. The van der Waals surface area contributed by atoms with E-state index in [9.17, 15) is 13.7 Å². The molecule has 1 aliphatic carbocycles. The van der Waals surface area contributed by atoms with E-state index < -0.39 is 20.8 Å². The zero-order valence-electron chi connectivity index (χ0n) is 9.99. The van der Waals surface area contributed by atoms with E-state index in [4.69, 9.17) is 0 Å². The first-order chi connectivity index (χ1) is 7.42. The summed E-state index contributed by atoms with van der Waals surface area (Å²) < 4.78 is 26.2. The molecule has 5 heteroatoms. The van der Waals surface area contributed by atoms with Gasteiger partial charge in [0.25, 0.3) is 0 Å². The minimum atomic E-state index is -3.36. The normalized spacial score (nSPS) is 21.4. The minimum absolute atomic E-state index is 0.485. The first-order valence-electron chi connectivity index (χ1n) is 5.86. The molecule has 0 aliphatic heterocycles. The van der Waals surface area contributed by atoms with Crippen LogP contribution in [0.25, 0.3) is 0 Å². The number of rotatable bonds is 3. The van der Waals surface area contributed by atoms with Gasteiger partial charge >= 0.3 is 0 Å². The van der Waals surface area contributed by atoms with Crippen LogP contribution in [0.2, 0.25) is 0 Å². The molecule has 0 heterocycles. The van der Waals surface area contributed by atoms with E-state index in [1.165, 1.54) is 0 Å². The fraction of sp³-hybridized carbons (Fsp3) is 0.909. The molecular weight excluding hydrogens is 224 g/mol. The molecule has 1 fully saturated rings. The van der Waals surface area contributed by atoms with Crippen LogP contribution < -0.4 is 4.72 Å². The monoisotopic (exact) mass is 244 g/mol. The van der Waals surface area contributed by atoms with Crippen LogP contribution in [0.1, 0.15) is 52.4 Å². The number of hydrogen-bond acceptors (Lipinski definition) is 3. The van der Waals surface area contributed by atoms with E-state index >= 15 is 0 Å². The lowest BCUT2D eigenvalue weighted by Gasteiger charge is -2.27. The maximum Gasteiger partial charge on any atom is 0.215 e. The van der Waals surface area contributed by atoms with Gasteiger partial charge in [-0.05, 0) is 26.7 Å². The van der Waals surface area contributed by atoms with Crippen molar-refractivity contribution < 1.29 is 8.42 Å². The second kappa shape index (κ2) is 5.15. The molecule has 1 rings (SSSR count). The maximum absolute atomic E-state index is 11.8. The van der Waals surface area contributed by atoms with Gasteiger partial charge in [-0.25, -0.2) is 8.42 Å². The van der Waals surface area contributed by atoms with Crippen molar-refractivity contribution in [3.05, 3.63) is 0 Å². The number of nitrogens with zero attached hydrogens (tertiary/aromatic N) is 1. The first-order valence-corrected chi connectivity index (χ1v) is 7.40. The largest absolute Gasteiger partial charge is 0.215 e. The highest BCUT2D eigenvalue weighted by atomic mass is 32.2. The average molecular weight is 244 g/mol. The molecule has 1 N–H and O–H groups in total. The zero-order valence-corrected chi connectivity index (χ0v) is 10.8. The molecule has 0 bridgehead atoms. The Morgan fingerprint density at radius 2 is 1.69 bits per heavy atom. The van der Waals surface area contributed by atoms with Crippen LogP contribution in [0.5, 0.6) is 0 Å². The highest BCUT2D eigenvalue weighted by molar-refractivity contribution is 7.90. The summed E-state index contributed by atoms with van der Waals surface area (Å²) in [5.41, 5.74) is -0.862. The second-order valence-electron chi connectivity index (χ2n) is 4.80. The molecule has 0 spiro atoms. The van der Waals surface area contributed by atoms with E-state index in [-0.39, 0.29) is 0 Å². The lowest BCUT2D eigenvalue weighted by Crippen LogP contribution is -2.49. The van der Waals surface area contributed by atoms with Crippen molar-refractivity contribution >= 4 is 10.0 Å². The van der Waals surface area contributed by atoms with E-state index in [1.54, 1.807) is 13.8 Å². The van der Waals surface area contributed by atoms with Gasteiger partial charge in [-0.3, -0.25) is 0 Å². The van der Waals surface area contributed by atoms with Gasteiger partial charge in [0.2, 0.25) is 10.0 Å². The van der Waals surface area contributed by atoms with Gasteiger partial charge < -0.3 is 0 Å². The SMILES string of the molecule is CC(C)S(=O)(=O)NC1(C#N)CCCCCC1. The quantitative estimate of drug-likeness (QED) is 0.771. The Hall–Kier alpha value is -0.600. The van der Waals surface area contributed by atoms with Crippen LogP contribution >= 0.6 is 0 Å². The van der Waals surface area contributed by atoms with E-state index in [1.807, 2.05) is 0 Å². The predicted molar refractivity (Wildman–Crippen MR) is 63.2 cm³/mol. The predicted octanol–water partition coefficient (Wildman–Crippen LogP) is 1.93. The second-order valence-corrected chi connectivity index (χ2v) is 7.04. The minimum Gasteiger partial charge on any atom is -0.212 e. The summed E-state index contributed by atoms with van der Waals surface area (Å²) in [4.78, 5) is 0. The Labute approximate surface area is 98.1 Å². The van der Waals surface area contributed by atoms with Crippen molar-refractivity contribution in [3.63, 3.8) is 0 Å². The molecule has 0 atom stereocenters. The van der Waals surface area contributed by atoms with Crippen LogP contribution in [-0.2, 0) is 10.0 Å². The van der Waals surface area contributed by atoms with E-state index in [2.05, 4.69) is 10.8 Å². The highest BCUT2D eigenvalue weighted by Gasteiger charge is 2.36. The maximum atomic E-state index is 11.8. The molecule has 0 unspecified atom stereocenters. The smallest absolute Gasteiger partial charge is 0.212 e. The molecule has 0 saturated heterocycles. The van der Waals surface area contributed by atoms with Gasteiger partial charge in [0.1, 0.15) is 5.54 Å². The van der Waals surface area contributed by atoms with E-state index in [0.717, 1.165) is 25.7 Å². The van der Waals surface area contributed by atoms with Crippen molar-refractivity contribution in [1.82, 2.24) is 4.72 Å². The van der Waals surface area contributed by atoms with Crippen molar-refractivity contribution in [2.24, 2.45) is 0 Å². The molecular formula is C11H20N2O2S. The van der Waals surface area contributed by atoms with Crippen LogP contribution in [0.3, 0.4) is 0 Å². The summed E-state index contributed by atoms with van der Waals surface area (Å²) in [6.07, 6.45) is 5.30. The Balaban J connectivity index is 2.85. The summed E-state index contributed by atoms with van der Waals surface area (Å²) >= 11 is 0. The van der Waals surface area contributed by atoms with Gasteiger partial charge in [-0.2, -0.15) is 9.98 Å². The summed E-state index contributed by atoms with van der Waals surface area (Å²) in [6.45, 7) is 3.26. The molecule has 1 saturated carbocycles. The lowest BCUT2D eigenvalue weighted by atomic mass is 9.94. The third-order valence-electron chi connectivity index (χ3n) is 3.13. The fourth-order valence-electron chi connectivity index (χ4n) is 1.96.